The minimum Gasteiger partial charge on any atom is -0.399 e. The average molecular weight is 314 g/mol. The number of urea groups is 1. The number of amides is 3. The van der Waals surface area contributed by atoms with Crippen LogP contribution in [-0.4, -0.2) is 67.0 Å². The fourth-order valence-corrected chi connectivity index (χ4v) is 2.32. The molecule has 0 spiro atoms. The van der Waals surface area contributed by atoms with Gasteiger partial charge in [-0.05, 0) is 6.42 Å². The lowest BCUT2D eigenvalue weighted by Gasteiger charge is -2.23. The number of likely N-dealkylation sites (tertiary alicyclic amines) is 1. The monoisotopic (exact) mass is 314 g/mol. The SMILES string of the molecule is CCCCCNC(=O)N1CC(=NOC)CC1C(=O)NCCO. The van der Waals surface area contributed by atoms with Gasteiger partial charge in [-0.15, -0.1) is 0 Å². The largest absolute Gasteiger partial charge is 0.399 e. The molecule has 3 amide bonds. The van der Waals surface area contributed by atoms with Crippen LogP contribution in [0.2, 0.25) is 0 Å². The van der Waals surface area contributed by atoms with Gasteiger partial charge in [0.25, 0.3) is 0 Å². The fraction of sp³-hybridized carbons (Fsp3) is 0.786. The smallest absolute Gasteiger partial charge is 0.318 e. The Labute approximate surface area is 130 Å². The minimum absolute atomic E-state index is 0.138. The first-order valence-electron chi connectivity index (χ1n) is 7.66. The number of rotatable bonds is 8. The summed E-state index contributed by atoms with van der Waals surface area (Å²) in [4.78, 5) is 30.5. The summed E-state index contributed by atoms with van der Waals surface area (Å²) in [6, 6.07) is -0.895. The van der Waals surface area contributed by atoms with Gasteiger partial charge >= 0.3 is 6.03 Å². The predicted molar refractivity (Wildman–Crippen MR) is 82.6 cm³/mol. The summed E-state index contributed by atoms with van der Waals surface area (Å²) in [6.45, 7) is 2.98. The number of aliphatic hydroxyl groups excluding tert-OH is 1. The highest BCUT2D eigenvalue weighted by atomic mass is 16.6. The molecule has 1 saturated heterocycles. The highest BCUT2D eigenvalue weighted by Crippen LogP contribution is 2.16. The van der Waals surface area contributed by atoms with Crippen molar-refractivity contribution in [2.24, 2.45) is 5.16 Å². The lowest BCUT2D eigenvalue weighted by atomic mass is 10.2. The molecule has 8 nitrogen and oxygen atoms in total. The van der Waals surface area contributed by atoms with E-state index in [1.165, 1.54) is 12.0 Å². The molecule has 8 heteroatoms. The van der Waals surface area contributed by atoms with Crippen LogP contribution < -0.4 is 10.6 Å². The normalized spacial score (nSPS) is 19.3. The topological polar surface area (TPSA) is 103 Å². The summed E-state index contributed by atoms with van der Waals surface area (Å²) in [6.07, 6.45) is 3.39. The van der Waals surface area contributed by atoms with Crippen LogP contribution in [0.3, 0.4) is 0 Å². The molecule has 3 N–H and O–H groups in total. The van der Waals surface area contributed by atoms with Crippen LogP contribution in [0.5, 0.6) is 0 Å². The average Bonchev–Trinajstić information content (AvgIpc) is 2.93. The number of unbranched alkanes of at least 4 members (excludes halogenated alkanes) is 2. The van der Waals surface area contributed by atoms with Gasteiger partial charge in [0.15, 0.2) is 0 Å². The Balaban J connectivity index is 2.63. The Morgan fingerprint density at radius 1 is 1.36 bits per heavy atom. The molecule has 1 aliphatic rings. The Morgan fingerprint density at radius 3 is 2.77 bits per heavy atom. The molecule has 1 fully saturated rings. The highest BCUT2D eigenvalue weighted by molar-refractivity contribution is 6.00. The van der Waals surface area contributed by atoms with E-state index in [2.05, 4.69) is 22.7 Å². The lowest BCUT2D eigenvalue weighted by Crippen LogP contribution is -2.50. The van der Waals surface area contributed by atoms with Crippen molar-refractivity contribution in [1.82, 2.24) is 15.5 Å². The van der Waals surface area contributed by atoms with Crippen molar-refractivity contribution in [2.75, 3.05) is 33.4 Å². The molecule has 1 atom stereocenters. The maximum absolute atomic E-state index is 12.2. The Hall–Kier alpha value is -1.83. The van der Waals surface area contributed by atoms with Crippen molar-refractivity contribution in [3.63, 3.8) is 0 Å². The lowest BCUT2D eigenvalue weighted by molar-refractivity contribution is -0.124. The third-order valence-electron chi connectivity index (χ3n) is 3.41. The molecule has 1 unspecified atom stereocenters. The molecule has 1 aliphatic heterocycles. The van der Waals surface area contributed by atoms with Crippen LogP contribution in [-0.2, 0) is 9.63 Å². The van der Waals surface area contributed by atoms with E-state index in [1.54, 1.807) is 0 Å². The molecule has 0 bridgehead atoms. The quantitative estimate of drug-likeness (QED) is 0.436. The van der Waals surface area contributed by atoms with E-state index in [-0.39, 0.29) is 31.6 Å². The number of hydrogen-bond donors (Lipinski definition) is 3. The summed E-state index contributed by atoms with van der Waals surface area (Å²) in [5, 5.41) is 18.0. The molecular formula is C14H26N4O4. The minimum atomic E-state index is -0.619. The zero-order valence-corrected chi connectivity index (χ0v) is 13.3. The van der Waals surface area contributed by atoms with Gasteiger partial charge in [-0.25, -0.2) is 4.79 Å². The highest BCUT2D eigenvalue weighted by Gasteiger charge is 2.37. The summed E-state index contributed by atoms with van der Waals surface area (Å²) >= 11 is 0. The van der Waals surface area contributed by atoms with Crippen molar-refractivity contribution in [1.29, 1.82) is 0 Å². The second-order valence-corrected chi connectivity index (χ2v) is 5.14. The number of oxime groups is 1. The molecule has 1 heterocycles. The van der Waals surface area contributed by atoms with Gasteiger partial charge in [-0.1, -0.05) is 24.9 Å². The number of nitrogens with one attached hydrogen (secondary N) is 2. The first-order valence-corrected chi connectivity index (χ1v) is 7.66. The van der Waals surface area contributed by atoms with Crippen LogP contribution in [0.25, 0.3) is 0 Å². The molecule has 126 valence electrons. The van der Waals surface area contributed by atoms with Gasteiger partial charge in [-0.3, -0.25) is 4.79 Å². The van der Waals surface area contributed by atoms with E-state index in [4.69, 9.17) is 9.94 Å². The Bertz CT molecular complexity index is 400. The maximum Gasteiger partial charge on any atom is 0.318 e. The summed E-state index contributed by atoms with van der Waals surface area (Å²) in [7, 11) is 1.43. The molecular weight excluding hydrogens is 288 g/mol. The number of aliphatic hydroxyl groups is 1. The predicted octanol–water partition coefficient (Wildman–Crippen LogP) is 0.0714. The summed E-state index contributed by atoms with van der Waals surface area (Å²) in [5.74, 6) is -0.293. The third-order valence-corrected chi connectivity index (χ3v) is 3.41. The van der Waals surface area contributed by atoms with E-state index in [0.29, 0.717) is 18.7 Å². The molecule has 22 heavy (non-hydrogen) atoms. The molecule has 0 radical (unpaired) electrons. The third kappa shape index (κ3) is 5.51. The van der Waals surface area contributed by atoms with E-state index in [9.17, 15) is 9.59 Å². The number of carbonyl (C=O) groups is 2. The first kappa shape index (κ1) is 18.2. The van der Waals surface area contributed by atoms with Crippen molar-refractivity contribution >= 4 is 17.6 Å². The summed E-state index contributed by atoms with van der Waals surface area (Å²) in [5.41, 5.74) is 0.648. The maximum atomic E-state index is 12.2. The number of nitrogens with zero attached hydrogens (tertiary/aromatic N) is 2. The molecule has 0 aromatic carbocycles. The molecule has 0 saturated carbocycles. The Morgan fingerprint density at radius 2 is 2.14 bits per heavy atom. The summed E-state index contributed by atoms with van der Waals surface area (Å²) < 4.78 is 0. The Kier molecular flexibility index (Phi) is 8.27. The van der Waals surface area contributed by atoms with Crippen molar-refractivity contribution < 1.29 is 19.5 Å². The number of hydrogen-bond acceptors (Lipinski definition) is 5. The molecule has 0 aliphatic carbocycles. The van der Waals surface area contributed by atoms with Gasteiger partial charge in [-0.2, -0.15) is 0 Å². The van der Waals surface area contributed by atoms with Crippen LogP contribution >= 0.6 is 0 Å². The van der Waals surface area contributed by atoms with E-state index in [0.717, 1.165) is 19.3 Å². The van der Waals surface area contributed by atoms with E-state index < -0.39 is 6.04 Å². The van der Waals surface area contributed by atoms with Crippen LogP contribution in [0.1, 0.15) is 32.6 Å². The van der Waals surface area contributed by atoms with Crippen molar-refractivity contribution in [2.45, 2.75) is 38.6 Å². The molecule has 1 rings (SSSR count). The molecule has 0 aromatic heterocycles. The standard InChI is InChI=1S/C14H26N4O4/c1-3-4-5-6-16-14(21)18-10-11(17-22-2)9-12(18)13(20)15-7-8-19/h12,19H,3-10H2,1-2H3,(H,15,20)(H,16,21). The van der Waals surface area contributed by atoms with Crippen molar-refractivity contribution in [3.8, 4) is 0 Å². The van der Waals surface area contributed by atoms with E-state index >= 15 is 0 Å². The van der Waals surface area contributed by atoms with Gasteiger partial charge in [0.1, 0.15) is 13.2 Å². The van der Waals surface area contributed by atoms with Crippen molar-refractivity contribution in [3.05, 3.63) is 0 Å². The zero-order valence-electron chi connectivity index (χ0n) is 13.3. The molecule has 0 aromatic rings. The first-order chi connectivity index (χ1) is 10.6. The van der Waals surface area contributed by atoms with E-state index in [1.807, 2.05) is 0 Å². The second-order valence-electron chi connectivity index (χ2n) is 5.14. The van der Waals surface area contributed by atoms with Crippen LogP contribution in [0, 0.1) is 0 Å². The van der Waals surface area contributed by atoms with Crippen LogP contribution in [0.15, 0.2) is 5.16 Å². The fourth-order valence-electron chi connectivity index (χ4n) is 2.32. The van der Waals surface area contributed by atoms with Gasteiger partial charge in [0, 0.05) is 19.5 Å². The van der Waals surface area contributed by atoms with Gasteiger partial charge in [0.2, 0.25) is 5.91 Å². The van der Waals surface area contributed by atoms with Gasteiger partial charge in [0.05, 0.1) is 18.9 Å². The number of carbonyl (C=O) groups excluding carboxylic acids is 2. The van der Waals surface area contributed by atoms with Gasteiger partial charge < -0.3 is 25.5 Å². The second kappa shape index (κ2) is 9.99. The van der Waals surface area contributed by atoms with Crippen LogP contribution in [0.4, 0.5) is 4.79 Å². The zero-order chi connectivity index (χ0) is 16.4.